The molecule has 2 nitrogen and oxygen atoms in total. The van der Waals surface area contributed by atoms with E-state index in [1.54, 1.807) is 24.5 Å². The number of benzene rings is 1. The number of hydrogen-bond acceptors (Lipinski definition) is 2. The number of halogens is 1. The van der Waals surface area contributed by atoms with Crippen molar-refractivity contribution >= 4 is 0 Å². The van der Waals surface area contributed by atoms with Gasteiger partial charge in [0.05, 0.1) is 0 Å². The molecule has 1 atom stereocenters. The van der Waals surface area contributed by atoms with Gasteiger partial charge in [0.15, 0.2) is 0 Å². The van der Waals surface area contributed by atoms with E-state index in [4.69, 9.17) is 0 Å². The number of hydrogen-bond donors (Lipinski definition) is 1. The minimum absolute atomic E-state index is 0.177. The first-order chi connectivity index (χ1) is 9.29. The normalized spacial score (nSPS) is 12.3. The van der Waals surface area contributed by atoms with Crippen LogP contribution in [0.4, 0.5) is 4.39 Å². The van der Waals surface area contributed by atoms with Crippen molar-refractivity contribution in [2.45, 2.75) is 25.8 Å². The standard InChI is InChI=1S/C16H19FN2/c1-2-19-16(14-4-3-5-15(17)12-14)7-6-13-8-10-18-11-9-13/h3-5,8-12,16,19H,2,6-7H2,1H3. The first-order valence-electron chi connectivity index (χ1n) is 6.67. The Labute approximate surface area is 113 Å². The SMILES string of the molecule is CCNC(CCc1ccncc1)c1cccc(F)c1. The van der Waals surface area contributed by atoms with Crippen molar-refractivity contribution in [2.75, 3.05) is 6.54 Å². The Morgan fingerprint density at radius 1 is 1.21 bits per heavy atom. The maximum Gasteiger partial charge on any atom is 0.123 e. The maximum atomic E-state index is 13.3. The van der Waals surface area contributed by atoms with Gasteiger partial charge in [0.1, 0.15) is 5.82 Å². The third-order valence-corrected chi connectivity index (χ3v) is 3.17. The van der Waals surface area contributed by atoms with Gasteiger partial charge < -0.3 is 5.32 Å². The monoisotopic (exact) mass is 258 g/mol. The Morgan fingerprint density at radius 3 is 2.68 bits per heavy atom. The van der Waals surface area contributed by atoms with Crippen molar-refractivity contribution in [1.29, 1.82) is 0 Å². The van der Waals surface area contributed by atoms with Crippen molar-refractivity contribution in [3.63, 3.8) is 0 Å². The van der Waals surface area contributed by atoms with Crippen LogP contribution in [-0.4, -0.2) is 11.5 Å². The summed E-state index contributed by atoms with van der Waals surface area (Å²) in [5.74, 6) is -0.177. The second-order valence-corrected chi connectivity index (χ2v) is 4.56. The van der Waals surface area contributed by atoms with Crippen LogP contribution in [0.25, 0.3) is 0 Å². The third-order valence-electron chi connectivity index (χ3n) is 3.17. The zero-order chi connectivity index (χ0) is 13.5. The Bertz CT molecular complexity index is 499. The van der Waals surface area contributed by atoms with Crippen LogP contribution in [0.15, 0.2) is 48.8 Å². The summed E-state index contributed by atoms with van der Waals surface area (Å²) in [6.07, 6.45) is 5.51. The predicted octanol–water partition coefficient (Wildman–Crippen LogP) is 3.50. The van der Waals surface area contributed by atoms with E-state index in [0.29, 0.717) is 0 Å². The van der Waals surface area contributed by atoms with Gasteiger partial charge in [-0.1, -0.05) is 19.1 Å². The fourth-order valence-corrected chi connectivity index (χ4v) is 2.22. The lowest BCUT2D eigenvalue weighted by molar-refractivity contribution is 0.511. The Balaban J connectivity index is 2.04. The molecular weight excluding hydrogens is 239 g/mol. The van der Waals surface area contributed by atoms with E-state index in [0.717, 1.165) is 24.9 Å². The largest absolute Gasteiger partial charge is 0.310 e. The zero-order valence-corrected chi connectivity index (χ0v) is 11.1. The molecule has 3 heteroatoms. The summed E-state index contributed by atoms with van der Waals surface area (Å²) in [7, 11) is 0. The van der Waals surface area contributed by atoms with Crippen LogP contribution in [0.1, 0.15) is 30.5 Å². The molecule has 1 heterocycles. The fourth-order valence-electron chi connectivity index (χ4n) is 2.22. The van der Waals surface area contributed by atoms with Gasteiger partial charge >= 0.3 is 0 Å². The summed E-state index contributed by atoms with van der Waals surface area (Å²) in [6.45, 7) is 2.94. The quantitative estimate of drug-likeness (QED) is 0.857. The number of pyridine rings is 1. The summed E-state index contributed by atoms with van der Waals surface area (Å²) in [5.41, 5.74) is 2.27. The summed E-state index contributed by atoms with van der Waals surface area (Å²) in [6, 6.07) is 11.1. The molecular formula is C16H19FN2. The molecule has 1 aromatic carbocycles. The van der Waals surface area contributed by atoms with E-state index >= 15 is 0 Å². The molecule has 0 fully saturated rings. The Kier molecular flexibility index (Phi) is 5.04. The van der Waals surface area contributed by atoms with Crippen LogP contribution in [-0.2, 0) is 6.42 Å². The molecule has 0 aliphatic heterocycles. The Hall–Kier alpha value is -1.74. The topological polar surface area (TPSA) is 24.9 Å². The minimum Gasteiger partial charge on any atom is -0.310 e. The molecule has 2 rings (SSSR count). The first kappa shape index (κ1) is 13.7. The Morgan fingerprint density at radius 2 is 2.00 bits per heavy atom. The van der Waals surface area contributed by atoms with Crippen molar-refractivity contribution in [2.24, 2.45) is 0 Å². The summed E-state index contributed by atoms with van der Waals surface area (Å²) < 4.78 is 13.3. The molecule has 100 valence electrons. The summed E-state index contributed by atoms with van der Waals surface area (Å²) >= 11 is 0. The number of nitrogens with zero attached hydrogens (tertiary/aromatic N) is 1. The molecule has 1 N–H and O–H groups in total. The molecule has 19 heavy (non-hydrogen) atoms. The summed E-state index contributed by atoms with van der Waals surface area (Å²) in [4.78, 5) is 4.01. The molecule has 0 amide bonds. The average molecular weight is 258 g/mol. The van der Waals surface area contributed by atoms with Crippen molar-refractivity contribution in [1.82, 2.24) is 10.3 Å². The van der Waals surface area contributed by atoms with Crippen LogP contribution in [0.3, 0.4) is 0 Å². The summed E-state index contributed by atoms with van der Waals surface area (Å²) in [5, 5.41) is 3.41. The molecule has 2 aromatic rings. The molecule has 0 bridgehead atoms. The second-order valence-electron chi connectivity index (χ2n) is 4.56. The highest BCUT2D eigenvalue weighted by molar-refractivity contribution is 5.21. The number of aryl methyl sites for hydroxylation is 1. The van der Waals surface area contributed by atoms with Crippen molar-refractivity contribution < 1.29 is 4.39 Å². The molecule has 0 aliphatic rings. The van der Waals surface area contributed by atoms with Crippen LogP contribution >= 0.6 is 0 Å². The lowest BCUT2D eigenvalue weighted by Crippen LogP contribution is -2.21. The molecule has 0 saturated carbocycles. The lowest BCUT2D eigenvalue weighted by Gasteiger charge is -2.18. The highest BCUT2D eigenvalue weighted by Crippen LogP contribution is 2.19. The predicted molar refractivity (Wildman–Crippen MR) is 75.4 cm³/mol. The van der Waals surface area contributed by atoms with E-state index in [-0.39, 0.29) is 11.9 Å². The van der Waals surface area contributed by atoms with Gasteiger partial charge in [0.2, 0.25) is 0 Å². The molecule has 0 saturated heterocycles. The van der Waals surface area contributed by atoms with Crippen molar-refractivity contribution in [3.8, 4) is 0 Å². The smallest absolute Gasteiger partial charge is 0.123 e. The fraction of sp³-hybridized carbons (Fsp3) is 0.312. The second kappa shape index (κ2) is 7.00. The lowest BCUT2D eigenvalue weighted by atomic mass is 9.99. The van der Waals surface area contributed by atoms with Gasteiger partial charge in [0.25, 0.3) is 0 Å². The van der Waals surface area contributed by atoms with Gasteiger partial charge in [-0.15, -0.1) is 0 Å². The van der Waals surface area contributed by atoms with Crippen molar-refractivity contribution in [3.05, 3.63) is 65.7 Å². The van der Waals surface area contributed by atoms with Gasteiger partial charge in [-0.2, -0.15) is 0 Å². The van der Waals surface area contributed by atoms with Gasteiger partial charge in [-0.05, 0) is 54.8 Å². The number of rotatable bonds is 6. The van der Waals surface area contributed by atoms with Crippen LogP contribution in [0.2, 0.25) is 0 Å². The van der Waals surface area contributed by atoms with Crippen LogP contribution in [0, 0.1) is 5.82 Å². The van der Waals surface area contributed by atoms with E-state index in [1.807, 2.05) is 18.2 Å². The maximum absolute atomic E-state index is 13.3. The molecule has 1 unspecified atom stereocenters. The zero-order valence-electron chi connectivity index (χ0n) is 11.1. The van der Waals surface area contributed by atoms with E-state index in [2.05, 4.69) is 17.2 Å². The highest BCUT2D eigenvalue weighted by atomic mass is 19.1. The first-order valence-corrected chi connectivity index (χ1v) is 6.67. The van der Waals surface area contributed by atoms with Gasteiger partial charge in [-0.3, -0.25) is 4.98 Å². The highest BCUT2D eigenvalue weighted by Gasteiger charge is 2.10. The van der Waals surface area contributed by atoms with Gasteiger partial charge in [-0.25, -0.2) is 4.39 Å². The van der Waals surface area contributed by atoms with E-state index in [9.17, 15) is 4.39 Å². The van der Waals surface area contributed by atoms with Crippen LogP contribution < -0.4 is 5.32 Å². The van der Waals surface area contributed by atoms with E-state index < -0.39 is 0 Å². The molecule has 0 spiro atoms. The van der Waals surface area contributed by atoms with E-state index in [1.165, 1.54) is 11.6 Å². The van der Waals surface area contributed by atoms with Crippen LogP contribution in [0.5, 0.6) is 0 Å². The number of aromatic nitrogens is 1. The molecule has 0 aliphatic carbocycles. The molecule has 0 radical (unpaired) electrons. The number of nitrogens with one attached hydrogen (secondary N) is 1. The average Bonchev–Trinajstić information content (AvgIpc) is 2.44. The minimum atomic E-state index is -0.177. The third kappa shape index (κ3) is 4.14. The van der Waals surface area contributed by atoms with Gasteiger partial charge in [0, 0.05) is 18.4 Å². The molecule has 1 aromatic heterocycles.